The molecule has 0 bridgehead atoms. The van der Waals surface area contributed by atoms with Crippen molar-refractivity contribution in [2.24, 2.45) is 0 Å². The summed E-state index contributed by atoms with van der Waals surface area (Å²) in [5.41, 5.74) is 0. The fourth-order valence-corrected chi connectivity index (χ4v) is 0.662. The predicted molar refractivity (Wildman–Crippen MR) is 34.9 cm³/mol. The van der Waals surface area contributed by atoms with Gasteiger partial charge in [0, 0.05) is 13.0 Å². The van der Waals surface area contributed by atoms with Gasteiger partial charge in [0.25, 0.3) is 0 Å². The van der Waals surface area contributed by atoms with E-state index >= 15 is 0 Å². The molecule has 1 unspecified atom stereocenters. The second-order valence-electron chi connectivity index (χ2n) is 2.17. The minimum atomic E-state index is 0.108. The zero-order valence-corrected chi connectivity index (χ0v) is 5.64. The Kier molecular flexibility index (Phi) is 3.01. The number of hydrogen-bond acceptors (Lipinski definition) is 2. The molecule has 0 aliphatic carbocycles. The lowest BCUT2D eigenvalue weighted by molar-refractivity contribution is -0.214. The Morgan fingerprint density at radius 3 is 2.89 bits per heavy atom. The standard InChI is InChI=1S/C7H13O2/c1-2-3-5-8-7-4-6-9-7/h7H,1-6H2. The smallest absolute Gasteiger partial charge is 0.159 e. The van der Waals surface area contributed by atoms with Gasteiger partial charge in [-0.3, -0.25) is 0 Å². The van der Waals surface area contributed by atoms with Gasteiger partial charge in [-0.15, -0.1) is 0 Å². The average Bonchev–Trinajstić information content (AvgIpc) is 1.76. The van der Waals surface area contributed by atoms with Crippen LogP contribution in [0.15, 0.2) is 0 Å². The van der Waals surface area contributed by atoms with Crippen molar-refractivity contribution in [1.29, 1.82) is 0 Å². The third-order valence-electron chi connectivity index (χ3n) is 1.36. The summed E-state index contributed by atoms with van der Waals surface area (Å²) in [6.07, 6.45) is 3.17. The summed E-state index contributed by atoms with van der Waals surface area (Å²) in [7, 11) is 0. The largest absolute Gasteiger partial charge is 0.353 e. The van der Waals surface area contributed by atoms with Gasteiger partial charge in [0.1, 0.15) is 0 Å². The molecule has 0 aromatic rings. The molecule has 1 heterocycles. The van der Waals surface area contributed by atoms with Crippen molar-refractivity contribution < 1.29 is 9.47 Å². The SMILES string of the molecule is [CH2]CCCOC1CCO1. The Balaban J connectivity index is 1.80. The summed E-state index contributed by atoms with van der Waals surface area (Å²) in [6.45, 7) is 5.38. The topological polar surface area (TPSA) is 18.5 Å². The summed E-state index contributed by atoms with van der Waals surface area (Å²) in [5.74, 6) is 0. The Morgan fingerprint density at radius 1 is 1.67 bits per heavy atom. The van der Waals surface area contributed by atoms with Crippen LogP contribution < -0.4 is 0 Å². The lowest BCUT2D eigenvalue weighted by Crippen LogP contribution is -2.29. The molecular weight excluding hydrogens is 116 g/mol. The number of hydrogen-bond donors (Lipinski definition) is 0. The molecule has 1 rings (SSSR count). The van der Waals surface area contributed by atoms with Crippen molar-refractivity contribution in [3.8, 4) is 0 Å². The molecular formula is C7H13O2. The molecule has 0 N–H and O–H groups in total. The first-order valence-corrected chi connectivity index (χ1v) is 3.46. The maximum Gasteiger partial charge on any atom is 0.159 e. The average molecular weight is 129 g/mol. The molecule has 1 fully saturated rings. The fourth-order valence-electron chi connectivity index (χ4n) is 0.662. The maximum absolute atomic E-state index is 5.26. The summed E-state index contributed by atoms with van der Waals surface area (Å²) < 4.78 is 10.3. The molecule has 0 aromatic carbocycles. The van der Waals surface area contributed by atoms with Crippen LogP contribution in [0.25, 0.3) is 0 Å². The highest BCUT2D eigenvalue weighted by Gasteiger charge is 2.17. The number of unbranched alkanes of at least 4 members (excludes halogenated alkanes) is 1. The first-order valence-electron chi connectivity index (χ1n) is 3.46. The number of ether oxygens (including phenoxy) is 2. The first-order chi connectivity index (χ1) is 4.43. The first kappa shape index (κ1) is 7.03. The monoisotopic (exact) mass is 129 g/mol. The Morgan fingerprint density at radius 2 is 2.44 bits per heavy atom. The van der Waals surface area contributed by atoms with Gasteiger partial charge in [-0.2, -0.15) is 0 Å². The summed E-state index contributed by atoms with van der Waals surface area (Å²) in [6, 6.07) is 0. The van der Waals surface area contributed by atoms with Crippen molar-refractivity contribution in [3.63, 3.8) is 0 Å². The van der Waals surface area contributed by atoms with Crippen LogP contribution in [0.4, 0.5) is 0 Å². The molecule has 2 nitrogen and oxygen atoms in total. The zero-order chi connectivity index (χ0) is 6.53. The lowest BCUT2D eigenvalue weighted by Gasteiger charge is -2.25. The van der Waals surface area contributed by atoms with Crippen LogP contribution in [0.3, 0.4) is 0 Å². The molecule has 1 radical (unpaired) electrons. The van der Waals surface area contributed by atoms with Crippen LogP contribution in [0.2, 0.25) is 0 Å². The van der Waals surface area contributed by atoms with E-state index in [0.29, 0.717) is 0 Å². The molecule has 2 heteroatoms. The zero-order valence-electron chi connectivity index (χ0n) is 5.64. The Hall–Kier alpha value is -0.0800. The second kappa shape index (κ2) is 3.85. The quantitative estimate of drug-likeness (QED) is 0.534. The predicted octanol–water partition coefficient (Wildman–Crippen LogP) is 1.36. The highest BCUT2D eigenvalue weighted by atomic mass is 16.7. The van der Waals surface area contributed by atoms with Crippen molar-refractivity contribution in [2.75, 3.05) is 13.2 Å². The highest BCUT2D eigenvalue weighted by molar-refractivity contribution is 4.54. The Labute approximate surface area is 56.2 Å². The molecule has 0 amide bonds. The minimum Gasteiger partial charge on any atom is -0.353 e. The van der Waals surface area contributed by atoms with E-state index in [2.05, 4.69) is 6.92 Å². The van der Waals surface area contributed by atoms with Gasteiger partial charge in [0.05, 0.1) is 6.61 Å². The minimum absolute atomic E-state index is 0.108. The van der Waals surface area contributed by atoms with E-state index in [4.69, 9.17) is 9.47 Å². The molecule has 0 aromatic heterocycles. The molecule has 0 spiro atoms. The van der Waals surface area contributed by atoms with Crippen LogP contribution in [0.1, 0.15) is 19.3 Å². The van der Waals surface area contributed by atoms with E-state index < -0.39 is 0 Å². The second-order valence-corrected chi connectivity index (χ2v) is 2.17. The van der Waals surface area contributed by atoms with Gasteiger partial charge in [-0.25, -0.2) is 0 Å². The van der Waals surface area contributed by atoms with Gasteiger partial charge < -0.3 is 9.47 Å². The van der Waals surface area contributed by atoms with Crippen molar-refractivity contribution in [3.05, 3.63) is 6.92 Å². The van der Waals surface area contributed by atoms with E-state index in [1.54, 1.807) is 0 Å². The van der Waals surface area contributed by atoms with Crippen molar-refractivity contribution in [1.82, 2.24) is 0 Å². The van der Waals surface area contributed by atoms with Gasteiger partial charge in [-0.05, 0) is 6.42 Å². The van der Waals surface area contributed by atoms with Crippen molar-refractivity contribution >= 4 is 0 Å². The Bertz CT molecular complexity index is 69.3. The van der Waals surface area contributed by atoms with Crippen LogP contribution in [-0.4, -0.2) is 19.5 Å². The van der Waals surface area contributed by atoms with E-state index in [9.17, 15) is 0 Å². The summed E-state index contributed by atoms with van der Waals surface area (Å²) >= 11 is 0. The van der Waals surface area contributed by atoms with E-state index in [0.717, 1.165) is 32.5 Å². The highest BCUT2D eigenvalue weighted by Crippen LogP contribution is 2.11. The van der Waals surface area contributed by atoms with Gasteiger partial charge >= 0.3 is 0 Å². The van der Waals surface area contributed by atoms with E-state index in [-0.39, 0.29) is 6.29 Å². The van der Waals surface area contributed by atoms with Crippen LogP contribution in [0, 0.1) is 6.92 Å². The van der Waals surface area contributed by atoms with Crippen LogP contribution in [-0.2, 0) is 9.47 Å². The van der Waals surface area contributed by atoms with Gasteiger partial charge in [-0.1, -0.05) is 13.3 Å². The van der Waals surface area contributed by atoms with Gasteiger partial charge in [0.15, 0.2) is 6.29 Å². The molecule has 53 valence electrons. The number of rotatable bonds is 4. The maximum atomic E-state index is 5.26. The summed E-state index contributed by atoms with van der Waals surface area (Å²) in [4.78, 5) is 0. The third kappa shape index (κ3) is 2.33. The van der Waals surface area contributed by atoms with E-state index in [1.165, 1.54) is 0 Å². The molecule has 1 saturated heterocycles. The van der Waals surface area contributed by atoms with Gasteiger partial charge in [0.2, 0.25) is 0 Å². The van der Waals surface area contributed by atoms with Crippen LogP contribution in [0.5, 0.6) is 0 Å². The van der Waals surface area contributed by atoms with Crippen molar-refractivity contribution in [2.45, 2.75) is 25.6 Å². The molecule has 1 aliphatic heterocycles. The lowest BCUT2D eigenvalue weighted by atomic mass is 10.3. The third-order valence-corrected chi connectivity index (χ3v) is 1.36. The fraction of sp³-hybridized carbons (Fsp3) is 0.857. The molecule has 1 atom stereocenters. The molecule has 1 aliphatic rings. The summed E-state index contributed by atoms with van der Waals surface area (Å²) in [5, 5.41) is 0. The van der Waals surface area contributed by atoms with E-state index in [1.807, 2.05) is 0 Å². The normalized spacial score (nSPS) is 25.7. The molecule has 0 saturated carbocycles. The van der Waals surface area contributed by atoms with Crippen LogP contribution >= 0.6 is 0 Å². The molecule has 9 heavy (non-hydrogen) atoms.